The normalized spacial score (nSPS) is 4.11. The minimum Gasteiger partial charge on any atom is -0.870 e. The zero-order valence-electron chi connectivity index (χ0n) is 4.50. The maximum Gasteiger partial charge on any atom is 0.0207 e. The van der Waals surface area contributed by atoms with Crippen LogP contribution < -0.4 is 5.11 Å². The van der Waals surface area contributed by atoms with Gasteiger partial charge in [0.25, 0.3) is 0 Å². The molecule has 0 aromatic heterocycles. The molecule has 0 aliphatic rings. The van der Waals surface area contributed by atoms with Gasteiger partial charge in [-0.3, -0.25) is 0 Å². The number of carboxylic acids is 1. The van der Waals surface area contributed by atoms with E-state index in [2.05, 4.69) is 0 Å². The van der Waals surface area contributed by atoms with Gasteiger partial charge >= 0.3 is 0 Å². The first-order chi connectivity index (χ1) is 2.27. The Balaban J connectivity index is -0.0000000133. The van der Waals surface area contributed by atoms with Crippen LogP contribution in [0.1, 0.15) is 0 Å². The van der Waals surface area contributed by atoms with Crippen molar-refractivity contribution in [3.05, 3.63) is 5.73 Å². The molecule has 0 bridgehead atoms. The number of carbonyl (C=O) groups is 1. The Morgan fingerprint density at radius 3 is 1.56 bits per heavy atom. The van der Waals surface area contributed by atoms with Gasteiger partial charge in [-0.05, 0) is 0 Å². The van der Waals surface area contributed by atoms with Gasteiger partial charge in [-0.15, -0.1) is 6.54 Å². The van der Waals surface area contributed by atoms with Gasteiger partial charge in [0.2, 0.25) is 0 Å². The maximum atomic E-state index is 9.07. The van der Waals surface area contributed by atoms with Crippen LogP contribution in [-0.4, -0.2) is 46.3 Å². The summed E-state index contributed by atoms with van der Waals surface area (Å²) in [6, 6.07) is 0. The zero-order chi connectivity index (χ0) is 4.28. The van der Waals surface area contributed by atoms with Gasteiger partial charge in [-0.25, -0.2) is 0 Å². The summed E-state index contributed by atoms with van der Waals surface area (Å²) in [6.07, 6.45) is 0. The van der Waals surface area contributed by atoms with Crippen molar-refractivity contribution in [1.29, 1.82) is 0 Å². The van der Waals surface area contributed by atoms with E-state index in [1.54, 1.807) is 0 Å². The minimum atomic E-state index is -1.33. The zero-order valence-corrected chi connectivity index (χ0v) is 5.65. The molecule has 0 atom stereocenters. The van der Waals surface area contributed by atoms with Crippen molar-refractivity contribution in [2.45, 2.75) is 0 Å². The molecule has 5 N–H and O–H groups in total. The van der Waals surface area contributed by atoms with E-state index in [1.165, 1.54) is 0 Å². The third kappa shape index (κ3) is 78.9. The predicted octanol–water partition coefficient (Wildman–Crippen LogP) is -2.77. The molecule has 0 amide bonds. The summed E-state index contributed by atoms with van der Waals surface area (Å²) in [6.45, 7) is -0.639. The molecule has 6 nitrogen and oxygen atoms in total. The Bertz CT molecular complexity index is 50.2. The average molecular weight is 152 g/mol. The van der Waals surface area contributed by atoms with E-state index in [-0.39, 0.29) is 33.8 Å². The molecule has 0 heterocycles. The van der Waals surface area contributed by atoms with Crippen molar-refractivity contribution in [3.8, 4) is 0 Å². The fraction of sp³-hybridized carbons (Fsp3) is 0.500. The first-order valence-electron chi connectivity index (χ1n) is 1.12. The molecule has 0 unspecified atom stereocenters. The Morgan fingerprint density at radius 2 is 1.56 bits per heavy atom. The van der Waals surface area contributed by atoms with Crippen LogP contribution >= 0.6 is 0 Å². The smallest absolute Gasteiger partial charge is 0.0207 e. The van der Waals surface area contributed by atoms with E-state index in [0.29, 0.717) is 0 Å². The summed E-state index contributed by atoms with van der Waals surface area (Å²) in [5, 5.41) is 9.07. The lowest BCUT2D eigenvalue weighted by Crippen LogP contribution is -2.23. The highest BCUT2D eigenvalue weighted by Crippen LogP contribution is 1.51. The highest BCUT2D eigenvalue weighted by molar-refractivity contribution is 5.75. The van der Waals surface area contributed by atoms with E-state index >= 15 is 0 Å². The van der Waals surface area contributed by atoms with Gasteiger partial charge in [-0.1, -0.05) is 0 Å². The molecule has 7 heteroatoms. The van der Waals surface area contributed by atoms with Crippen LogP contribution in [-0.2, 0) is 4.79 Å². The molecule has 3 radical (unpaired) electrons. The molecule has 0 fully saturated rings. The summed E-state index contributed by atoms with van der Waals surface area (Å²) < 4.78 is 0. The summed E-state index contributed by atoms with van der Waals surface area (Å²) in [5.41, 5.74) is 6.00. The molecule has 57 valence electrons. The standard InChI is InChI=1S/C2H4NO2.Al.3H2O/c3-1-2(4)5;;;;/h3H,1H2,(H,4,5);;3*1H2/q-1;;;;/p-3. The molecular weight excluding hydrogens is 145 g/mol. The Morgan fingerprint density at radius 1 is 1.44 bits per heavy atom. The molecule has 0 saturated heterocycles. The van der Waals surface area contributed by atoms with Crippen molar-refractivity contribution in [2.24, 2.45) is 0 Å². The molecule has 0 aromatic carbocycles. The second-order valence-corrected chi connectivity index (χ2v) is 0.549. The van der Waals surface area contributed by atoms with Crippen LogP contribution in [0.3, 0.4) is 0 Å². The van der Waals surface area contributed by atoms with Crippen molar-refractivity contribution in [2.75, 3.05) is 6.54 Å². The molecule has 0 aromatic rings. The quantitative estimate of drug-likeness (QED) is 0.372. The van der Waals surface area contributed by atoms with Crippen LogP contribution in [0.15, 0.2) is 0 Å². The molecule has 9 heavy (non-hydrogen) atoms. The summed E-state index contributed by atoms with van der Waals surface area (Å²) in [7, 11) is 0. The highest BCUT2D eigenvalue weighted by atomic mass is 27.0. The minimum absolute atomic E-state index is 0. The van der Waals surface area contributed by atoms with E-state index in [4.69, 9.17) is 15.6 Å². The number of nitrogens with one attached hydrogen (secondary N) is 1. The topological polar surface area (TPSA) is 155 Å². The number of carboxylic acid groups (broad SMARTS) is 1. The maximum absolute atomic E-state index is 9.07. The van der Waals surface area contributed by atoms with Gasteiger partial charge in [0.05, 0.1) is 0 Å². The van der Waals surface area contributed by atoms with Crippen molar-refractivity contribution in [3.63, 3.8) is 0 Å². The lowest BCUT2D eigenvalue weighted by atomic mass is 10.7. The third-order valence-corrected chi connectivity index (χ3v) is 0.144. The number of hydrogen-bond acceptors (Lipinski definition) is 4. The largest absolute Gasteiger partial charge is 0.870 e. The predicted molar refractivity (Wildman–Crippen MR) is 27.4 cm³/mol. The summed E-state index contributed by atoms with van der Waals surface area (Å²) >= 11 is 0. The number of carbonyl (C=O) groups excluding carboxylic acids is 1. The Labute approximate surface area is 62.7 Å². The SMILES string of the molecule is O.[Al].[NH-]CC(=O)[O-].[OH-].[OH-]. The van der Waals surface area contributed by atoms with Crippen molar-refractivity contribution in [1.82, 2.24) is 0 Å². The summed E-state index contributed by atoms with van der Waals surface area (Å²) in [4.78, 5) is 9.07. The van der Waals surface area contributed by atoms with E-state index < -0.39 is 12.5 Å². The lowest BCUT2D eigenvalue weighted by molar-refractivity contribution is -0.302. The molecular formula is C2H7AlNO5-4. The molecule has 0 aliphatic carbocycles. The van der Waals surface area contributed by atoms with Gasteiger partial charge < -0.3 is 32.1 Å². The highest BCUT2D eigenvalue weighted by Gasteiger charge is 1.56. The van der Waals surface area contributed by atoms with Crippen LogP contribution in [0.4, 0.5) is 0 Å². The fourth-order valence-corrected chi connectivity index (χ4v) is 0. The van der Waals surface area contributed by atoms with Crippen molar-refractivity contribution >= 4 is 23.3 Å². The molecule has 0 saturated carbocycles. The van der Waals surface area contributed by atoms with Crippen LogP contribution in [0.2, 0.25) is 0 Å². The van der Waals surface area contributed by atoms with E-state index in [0.717, 1.165) is 0 Å². The van der Waals surface area contributed by atoms with E-state index in [1.807, 2.05) is 0 Å². The fourth-order valence-electron chi connectivity index (χ4n) is 0. The number of hydrogen-bond donors (Lipinski definition) is 0. The number of rotatable bonds is 1. The van der Waals surface area contributed by atoms with Crippen molar-refractivity contribution < 1.29 is 26.3 Å². The Hall–Kier alpha value is -0.158. The van der Waals surface area contributed by atoms with Gasteiger partial charge in [0.15, 0.2) is 0 Å². The lowest BCUT2D eigenvalue weighted by Gasteiger charge is -1.96. The second kappa shape index (κ2) is 24.9. The van der Waals surface area contributed by atoms with E-state index in [9.17, 15) is 0 Å². The van der Waals surface area contributed by atoms with Crippen LogP contribution in [0.5, 0.6) is 0 Å². The van der Waals surface area contributed by atoms with Gasteiger partial charge in [0, 0.05) is 23.3 Å². The summed E-state index contributed by atoms with van der Waals surface area (Å²) in [5.74, 6) is -1.33. The molecule has 0 rings (SSSR count). The Kier molecular flexibility index (Phi) is 102. The monoisotopic (exact) mass is 152 g/mol. The van der Waals surface area contributed by atoms with Gasteiger partial charge in [-0.2, -0.15) is 0 Å². The van der Waals surface area contributed by atoms with Gasteiger partial charge in [0.1, 0.15) is 0 Å². The first kappa shape index (κ1) is 36.8. The first-order valence-corrected chi connectivity index (χ1v) is 1.12. The third-order valence-electron chi connectivity index (χ3n) is 0.144. The molecule has 0 spiro atoms. The molecule has 0 aliphatic heterocycles. The average Bonchev–Trinajstić information content (AvgIpc) is 1.38. The van der Waals surface area contributed by atoms with Crippen LogP contribution in [0, 0.1) is 0 Å². The second-order valence-electron chi connectivity index (χ2n) is 0.549. The van der Waals surface area contributed by atoms with Crippen LogP contribution in [0.25, 0.3) is 5.73 Å². The number of aliphatic carboxylic acids is 1.